The smallest absolute Gasteiger partial charge is 0.313 e. The highest BCUT2D eigenvalue weighted by Crippen LogP contribution is 2.24. The molecule has 20 heavy (non-hydrogen) atoms. The van der Waals surface area contributed by atoms with Crippen molar-refractivity contribution in [2.75, 3.05) is 11.9 Å². The van der Waals surface area contributed by atoms with E-state index < -0.39 is 17.4 Å². The molecule has 0 fully saturated rings. The van der Waals surface area contributed by atoms with E-state index in [1.165, 1.54) is 22.7 Å². The standard InChI is InChI=1S/C13H14N2O3S2/c1-13(18,10-3-2-5-20-10)8-14-11(16)12(17)15-9-4-6-19-7-9/h2-7,18H,8H2,1H3,(H,14,16)(H,15,17). The first-order chi connectivity index (χ1) is 9.49. The van der Waals surface area contributed by atoms with Gasteiger partial charge in [-0.25, -0.2) is 0 Å². The highest BCUT2D eigenvalue weighted by Gasteiger charge is 2.26. The van der Waals surface area contributed by atoms with Crippen LogP contribution < -0.4 is 10.6 Å². The van der Waals surface area contributed by atoms with E-state index in [9.17, 15) is 14.7 Å². The Bertz CT molecular complexity index is 577. The number of rotatable bonds is 4. The number of hydrogen-bond acceptors (Lipinski definition) is 5. The molecule has 0 spiro atoms. The average molecular weight is 310 g/mol. The zero-order valence-corrected chi connectivity index (χ0v) is 12.4. The maximum atomic E-state index is 11.7. The molecule has 106 valence electrons. The number of aliphatic hydroxyl groups is 1. The topological polar surface area (TPSA) is 78.4 Å². The van der Waals surface area contributed by atoms with Crippen molar-refractivity contribution in [3.63, 3.8) is 0 Å². The largest absolute Gasteiger partial charge is 0.383 e. The zero-order valence-electron chi connectivity index (χ0n) is 10.8. The van der Waals surface area contributed by atoms with Crippen LogP contribution in [0, 0.1) is 0 Å². The lowest BCUT2D eigenvalue weighted by molar-refractivity contribution is -0.136. The normalized spacial score (nSPS) is 13.5. The van der Waals surface area contributed by atoms with Crippen molar-refractivity contribution in [1.29, 1.82) is 0 Å². The van der Waals surface area contributed by atoms with Gasteiger partial charge in [0, 0.05) is 10.3 Å². The fraction of sp³-hybridized carbons (Fsp3) is 0.231. The van der Waals surface area contributed by atoms with Gasteiger partial charge in [-0.15, -0.1) is 11.3 Å². The Morgan fingerprint density at radius 3 is 2.70 bits per heavy atom. The summed E-state index contributed by atoms with van der Waals surface area (Å²) in [4.78, 5) is 24.0. The average Bonchev–Trinajstić information content (AvgIpc) is 3.08. The van der Waals surface area contributed by atoms with Crippen LogP contribution in [-0.2, 0) is 15.2 Å². The molecule has 3 N–H and O–H groups in total. The van der Waals surface area contributed by atoms with Crippen LogP contribution in [0.4, 0.5) is 5.69 Å². The fourth-order valence-corrected chi connectivity index (χ4v) is 2.90. The van der Waals surface area contributed by atoms with E-state index in [1.807, 2.05) is 11.4 Å². The first kappa shape index (κ1) is 14.7. The summed E-state index contributed by atoms with van der Waals surface area (Å²) in [6.45, 7) is 1.57. The highest BCUT2D eigenvalue weighted by molar-refractivity contribution is 7.10. The quantitative estimate of drug-likeness (QED) is 0.753. The summed E-state index contributed by atoms with van der Waals surface area (Å²) in [5.74, 6) is -1.52. The molecule has 0 aliphatic heterocycles. The molecule has 0 saturated carbocycles. The summed E-state index contributed by atoms with van der Waals surface area (Å²) in [6.07, 6.45) is 0. The van der Waals surface area contributed by atoms with Gasteiger partial charge >= 0.3 is 11.8 Å². The van der Waals surface area contributed by atoms with Crippen LogP contribution in [0.3, 0.4) is 0 Å². The van der Waals surface area contributed by atoms with Gasteiger partial charge in [-0.05, 0) is 29.8 Å². The summed E-state index contributed by atoms with van der Waals surface area (Å²) < 4.78 is 0. The molecule has 7 heteroatoms. The molecule has 0 aliphatic rings. The molecule has 2 amide bonds. The lowest BCUT2D eigenvalue weighted by atomic mass is 10.1. The van der Waals surface area contributed by atoms with Gasteiger partial charge in [-0.1, -0.05) is 6.07 Å². The Balaban J connectivity index is 1.87. The van der Waals surface area contributed by atoms with Gasteiger partial charge in [-0.2, -0.15) is 11.3 Å². The molecule has 0 radical (unpaired) electrons. The molecule has 5 nitrogen and oxygen atoms in total. The lowest BCUT2D eigenvalue weighted by Gasteiger charge is -2.22. The minimum Gasteiger partial charge on any atom is -0.383 e. The predicted molar refractivity (Wildman–Crippen MR) is 79.8 cm³/mol. The van der Waals surface area contributed by atoms with Crippen LogP contribution in [0.1, 0.15) is 11.8 Å². The number of carbonyl (C=O) groups is 2. The van der Waals surface area contributed by atoms with Crippen molar-refractivity contribution in [1.82, 2.24) is 5.32 Å². The van der Waals surface area contributed by atoms with Gasteiger partial charge in [0.25, 0.3) is 0 Å². The Labute approximate surface area is 124 Å². The molecule has 0 saturated heterocycles. The highest BCUT2D eigenvalue weighted by atomic mass is 32.1. The predicted octanol–water partition coefficient (Wildman–Crippen LogP) is 1.77. The van der Waals surface area contributed by atoms with Gasteiger partial charge in [0.1, 0.15) is 5.60 Å². The second-order valence-corrected chi connectivity index (χ2v) is 6.13. The van der Waals surface area contributed by atoms with Crippen LogP contribution in [-0.4, -0.2) is 23.5 Å². The van der Waals surface area contributed by atoms with Crippen LogP contribution in [0.25, 0.3) is 0 Å². The molecular formula is C13H14N2O3S2. The van der Waals surface area contributed by atoms with Gasteiger partial charge < -0.3 is 15.7 Å². The molecule has 0 aliphatic carbocycles. The number of nitrogens with one attached hydrogen (secondary N) is 2. The molecule has 1 unspecified atom stereocenters. The Hall–Kier alpha value is -1.70. The maximum absolute atomic E-state index is 11.7. The van der Waals surface area contributed by atoms with Gasteiger partial charge in [0.05, 0.1) is 12.2 Å². The summed E-state index contributed by atoms with van der Waals surface area (Å²) in [5, 5.41) is 20.5. The van der Waals surface area contributed by atoms with Gasteiger partial charge in [-0.3, -0.25) is 9.59 Å². The third kappa shape index (κ3) is 3.66. The Morgan fingerprint density at radius 2 is 2.10 bits per heavy atom. The molecule has 2 aromatic rings. The molecule has 0 bridgehead atoms. The van der Waals surface area contributed by atoms with E-state index in [0.29, 0.717) is 5.69 Å². The van der Waals surface area contributed by atoms with Crippen molar-refractivity contribution in [2.24, 2.45) is 0 Å². The van der Waals surface area contributed by atoms with E-state index >= 15 is 0 Å². The Morgan fingerprint density at radius 1 is 1.30 bits per heavy atom. The van der Waals surface area contributed by atoms with Crippen molar-refractivity contribution < 1.29 is 14.7 Å². The van der Waals surface area contributed by atoms with E-state index in [1.54, 1.807) is 29.8 Å². The summed E-state index contributed by atoms with van der Waals surface area (Å²) >= 11 is 2.82. The zero-order chi connectivity index (χ0) is 14.6. The summed E-state index contributed by atoms with van der Waals surface area (Å²) in [5.41, 5.74) is -0.605. The number of hydrogen-bond donors (Lipinski definition) is 3. The minimum absolute atomic E-state index is 0.0244. The van der Waals surface area contributed by atoms with Crippen LogP contribution in [0.2, 0.25) is 0 Å². The number of amides is 2. The fourth-order valence-electron chi connectivity index (χ4n) is 1.53. The molecule has 2 rings (SSSR count). The van der Waals surface area contributed by atoms with Gasteiger partial charge in [0.2, 0.25) is 0 Å². The first-order valence-electron chi connectivity index (χ1n) is 5.87. The van der Waals surface area contributed by atoms with E-state index in [4.69, 9.17) is 0 Å². The third-order valence-corrected chi connectivity index (χ3v) is 4.44. The van der Waals surface area contributed by atoms with Crippen molar-refractivity contribution >= 4 is 40.2 Å². The van der Waals surface area contributed by atoms with Crippen LogP contribution in [0.5, 0.6) is 0 Å². The molecule has 2 aromatic heterocycles. The molecule has 2 heterocycles. The Kier molecular flexibility index (Phi) is 4.53. The van der Waals surface area contributed by atoms with Crippen molar-refractivity contribution in [3.8, 4) is 0 Å². The maximum Gasteiger partial charge on any atom is 0.313 e. The molecule has 1 atom stereocenters. The monoisotopic (exact) mass is 310 g/mol. The summed E-state index contributed by atoms with van der Waals surface area (Å²) in [7, 11) is 0. The van der Waals surface area contributed by atoms with E-state index in [2.05, 4.69) is 10.6 Å². The second kappa shape index (κ2) is 6.17. The van der Waals surface area contributed by atoms with Crippen LogP contribution in [0.15, 0.2) is 34.3 Å². The van der Waals surface area contributed by atoms with Crippen LogP contribution >= 0.6 is 22.7 Å². The van der Waals surface area contributed by atoms with E-state index in [-0.39, 0.29) is 6.54 Å². The first-order valence-corrected chi connectivity index (χ1v) is 7.69. The number of carbonyl (C=O) groups excluding carboxylic acids is 2. The molecular weight excluding hydrogens is 296 g/mol. The third-order valence-electron chi connectivity index (χ3n) is 2.63. The summed E-state index contributed by atoms with van der Waals surface area (Å²) in [6, 6.07) is 5.31. The van der Waals surface area contributed by atoms with Crippen molar-refractivity contribution in [3.05, 3.63) is 39.2 Å². The van der Waals surface area contributed by atoms with Gasteiger partial charge in [0.15, 0.2) is 0 Å². The molecule has 0 aromatic carbocycles. The number of thiophene rings is 2. The lowest BCUT2D eigenvalue weighted by Crippen LogP contribution is -2.42. The SMILES string of the molecule is CC(O)(CNC(=O)C(=O)Nc1ccsc1)c1cccs1. The van der Waals surface area contributed by atoms with Crippen molar-refractivity contribution in [2.45, 2.75) is 12.5 Å². The number of anilines is 1. The minimum atomic E-state index is -1.19. The second-order valence-electron chi connectivity index (χ2n) is 4.40. The van der Waals surface area contributed by atoms with E-state index in [0.717, 1.165) is 4.88 Å².